The van der Waals surface area contributed by atoms with E-state index in [0.29, 0.717) is 30.0 Å². The molecule has 0 atom stereocenters. The van der Waals surface area contributed by atoms with Crippen molar-refractivity contribution in [1.82, 2.24) is 15.2 Å². The Kier molecular flexibility index (Phi) is 4.63. The Labute approximate surface area is 157 Å². The summed E-state index contributed by atoms with van der Waals surface area (Å²) in [5.74, 6) is 1.32. The molecule has 27 heavy (non-hydrogen) atoms. The third-order valence-corrected chi connectivity index (χ3v) is 5.78. The van der Waals surface area contributed by atoms with E-state index in [1.54, 1.807) is 19.2 Å². The summed E-state index contributed by atoms with van der Waals surface area (Å²) in [4.78, 5) is 18.4. The maximum atomic E-state index is 14.2. The molecule has 2 aliphatic heterocycles. The standard InChI is InChI=1S/C20H24FN3O3/c1-13-17(11-24-7-5-20(6-8-24)10-18(25)22-12-20)23-19(27-13)15-9-14(26-2)3-4-16(15)21/h3-4,9H,5-8,10-12H2,1-2H3,(H,22,25). The van der Waals surface area contributed by atoms with E-state index in [1.165, 1.54) is 6.07 Å². The van der Waals surface area contributed by atoms with Gasteiger partial charge in [0.2, 0.25) is 11.8 Å². The fourth-order valence-electron chi connectivity index (χ4n) is 3.99. The van der Waals surface area contributed by atoms with Crippen molar-refractivity contribution >= 4 is 5.91 Å². The molecule has 1 spiro atoms. The second-order valence-electron chi connectivity index (χ2n) is 7.60. The fraction of sp³-hybridized carbons (Fsp3) is 0.500. The minimum absolute atomic E-state index is 0.126. The number of amides is 1. The van der Waals surface area contributed by atoms with Crippen LogP contribution < -0.4 is 10.1 Å². The number of nitrogens with zero attached hydrogens (tertiary/aromatic N) is 2. The van der Waals surface area contributed by atoms with Crippen LogP contribution in [0.1, 0.15) is 30.7 Å². The largest absolute Gasteiger partial charge is 0.497 e. The maximum Gasteiger partial charge on any atom is 0.229 e. The monoisotopic (exact) mass is 373 g/mol. The van der Waals surface area contributed by atoms with Gasteiger partial charge in [-0.3, -0.25) is 9.69 Å². The Hall–Kier alpha value is -2.41. The van der Waals surface area contributed by atoms with Crippen LogP contribution in [-0.4, -0.2) is 42.5 Å². The molecule has 0 saturated carbocycles. The van der Waals surface area contributed by atoms with Crippen molar-refractivity contribution in [3.05, 3.63) is 35.5 Å². The maximum absolute atomic E-state index is 14.2. The van der Waals surface area contributed by atoms with Gasteiger partial charge in [-0.2, -0.15) is 0 Å². The van der Waals surface area contributed by atoms with Gasteiger partial charge in [0.15, 0.2) is 0 Å². The zero-order valence-electron chi connectivity index (χ0n) is 15.7. The molecule has 1 amide bonds. The number of aryl methyl sites for hydroxylation is 1. The number of oxazole rings is 1. The van der Waals surface area contributed by atoms with Crippen molar-refractivity contribution in [2.24, 2.45) is 5.41 Å². The number of benzene rings is 1. The van der Waals surface area contributed by atoms with Crippen molar-refractivity contribution in [1.29, 1.82) is 0 Å². The zero-order valence-corrected chi connectivity index (χ0v) is 15.7. The molecule has 2 fully saturated rings. The van der Waals surface area contributed by atoms with Crippen LogP contribution in [0.5, 0.6) is 5.75 Å². The number of rotatable bonds is 4. The molecular weight excluding hydrogens is 349 g/mol. The van der Waals surface area contributed by atoms with Gasteiger partial charge in [0.05, 0.1) is 18.4 Å². The Bertz CT molecular complexity index is 856. The van der Waals surface area contributed by atoms with Crippen molar-refractivity contribution < 1.29 is 18.3 Å². The van der Waals surface area contributed by atoms with E-state index in [9.17, 15) is 9.18 Å². The highest BCUT2D eigenvalue weighted by atomic mass is 19.1. The van der Waals surface area contributed by atoms with E-state index >= 15 is 0 Å². The van der Waals surface area contributed by atoms with Gasteiger partial charge in [-0.25, -0.2) is 9.37 Å². The van der Waals surface area contributed by atoms with Gasteiger partial charge in [-0.05, 0) is 56.5 Å². The van der Waals surface area contributed by atoms with E-state index in [-0.39, 0.29) is 23.0 Å². The molecule has 144 valence electrons. The van der Waals surface area contributed by atoms with E-state index < -0.39 is 0 Å². The molecule has 2 saturated heterocycles. The number of carbonyl (C=O) groups excluding carboxylic acids is 1. The third kappa shape index (κ3) is 3.56. The van der Waals surface area contributed by atoms with Crippen molar-refractivity contribution in [2.75, 3.05) is 26.7 Å². The summed E-state index contributed by atoms with van der Waals surface area (Å²) in [5.41, 5.74) is 1.25. The minimum Gasteiger partial charge on any atom is -0.497 e. The quantitative estimate of drug-likeness (QED) is 0.893. The molecule has 1 aromatic heterocycles. The van der Waals surface area contributed by atoms with E-state index in [2.05, 4.69) is 15.2 Å². The van der Waals surface area contributed by atoms with Crippen LogP contribution in [0.4, 0.5) is 4.39 Å². The second-order valence-corrected chi connectivity index (χ2v) is 7.60. The average Bonchev–Trinajstić information content (AvgIpc) is 3.20. The van der Waals surface area contributed by atoms with Gasteiger partial charge in [0.1, 0.15) is 17.3 Å². The highest BCUT2D eigenvalue weighted by Crippen LogP contribution is 2.38. The van der Waals surface area contributed by atoms with E-state index in [1.807, 2.05) is 6.92 Å². The van der Waals surface area contributed by atoms with E-state index in [4.69, 9.17) is 9.15 Å². The molecule has 6 nitrogen and oxygen atoms in total. The lowest BCUT2D eigenvalue weighted by atomic mass is 9.77. The number of halogens is 1. The number of ether oxygens (including phenoxy) is 1. The van der Waals surface area contributed by atoms with Crippen LogP contribution in [-0.2, 0) is 11.3 Å². The average molecular weight is 373 g/mol. The highest BCUT2D eigenvalue weighted by molar-refractivity contribution is 5.79. The summed E-state index contributed by atoms with van der Waals surface area (Å²) in [6, 6.07) is 4.52. The molecular formula is C20H24FN3O3. The summed E-state index contributed by atoms with van der Waals surface area (Å²) in [6.45, 7) is 5.16. The van der Waals surface area contributed by atoms with E-state index in [0.717, 1.165) is 38.2 Å². The summed E-state index contributed by atoms with van der Waals surface area (Å²) in [5, 5.41) is 2.96. The number of piperidine rings is 1. The first kappa shape index (κ1) is 18.0. The van der Waals surface area contributed by atoms with Gasteiger partial charge in [0, 0.05) is 19.5 Å². The SMILES string of the molecule is COc1ccc(F)c(-c2nc(CN3CCC4(CC3)CNC(=O)C4)c(C)o2)c1. The lowest BCUT2D eigenvalue weighted by molar-refractivity contribution is -0.119. The number of methoxy groups -OCH3 is 1. The molecule has 3 heterocycles. The number of hydrogen-bond donors (Lipinski definition) is 1. The van der Waals surface area contributed by atoms with Gasteiger partial charge in [0.25, 0.3) is 0 Å². The Morgan fingerprint density at radius 2 is 2.15 bits per heavy atom. The fourth-order valence-corrected chi connectivity index (χ4v) is 3.99. The molecule has 4 rings (SSSR count). The third-order valence-electron chi connectivity index (χ3n) is 5.78. The number of aromatic nitrogens is 1. The van der Waals surface area contributed by atoms with Crippen molar-refractivity contribution in [3.8, 4) is 17.2 Å². The highest BCUT2D eigenvalue weighted by Gasteiger charge is 2.40. The van der Waals surface area contributed by atoms with Crippen molar-refractivity contribution in [3.63, 3.8) is 0 Å². The van der Waals surface area contributed by atoms with Gasteiger partial charge < -0.3 is 14.5 Å². The molecule has 0 radical (unpaired) electrons. The lowest BCUT2D eigenvalue weighted by Gasteiger charge is -2.37. The molecule has 7 heteroatoms. The van der Waals surface area contributed by atoms with Gasteiger partial charge >= 0.3 is 0 Å². The van der Waals surface area contributed by atoms with Crippen LogP contribution in [0.25, 0.3) is 11.5 Å². The molecule has 0 unspecified atom stereocenters. The predicted octanol–water partition coefficient (Wildman–Crippen LogP) is 2.90. The molecule has 1 N–H and O–H groups in total. The molecule has 0 bridgehead atoms. The number of likely N-dealkylation sites (tertiary alicyclic amines) is 1. The minimum atomic E-state index is -0.387. The zero-order chi connectivity index (χ0) is 19.0. The summed E-state index contributed by atoms with van der Waals surface area (Å²) in [6.07, 6.45) is 2.64. The Balaban J connectivity index is 1.46. The first-order valence-corrected chi connectivity index (χ1v) is 9.27. The second kappa shape index (κ2) is 6.96. The topological polar surface area (TPSA) is 67.6 Å². The predicted molar refractivity (Wildman–Crippen MR) is 97.8 cm³/mol. The Morgan fingerprint density at radius 3 is 2.81 bits per heavy atom. The number of nitrogens with one attached hydrogen (secondary N) is 1. The molecule has 0 aliphatic carbocycles. The summed E-state index contributed by atoms with van der Waals surface area (Å²) < 4.78 is 25.1. The first-order chi connectivity index (χ1) is 13.0. The first-order valence-electron chi connectivity index (χ1n) is 9.27. The molecule has 2 aliphatic rings. The molecule has 1 aromatic carbocycles. The van der Waals surface area contributed by atoms with Gasteiger partial charge in [-0.15, -0.1) is 0 Å². The van der Waals surface area contributed by atoms with Gasteiger partial charge in [-0.1, -0.05) is 0 Å². The number of carbonyl (C=O) groups is 1. The van der Waals surface area contributed by atoms with Crippen molar-refractivity contribution in [2.45, 2.75) is 32.7 Å². The smallest absolute Gasteiger partial charge is 0.229 e. The molecule has 2 aromatic rings. The Morgan fingerprint density at radius 1 is 1.37 bits per heavy atom. The lowest BCUT2D eigenvalue weighted by Crippen LogP contribution is -2.40. The van der Waals surface area contributed by atoms with Crippen LogP contribution in [0.15, 0.2) is 22.6 Å². The van der Waals surface area contributed by atoms with Crippen LogP contribution in [0.3, 0.4) is 0 Å². The summed E-state index contributed by atoms with van der Waals surface area (Å²) >= 11 is 0. The summed E-state index contributed by atoms with van der Waals surface area (Å²) in [7, 11) is 1.54. The van der Waals surface area contributed by atoms with Crippen LogP contribution in [0, 0.1) is 18.2 Å². The van der Waals surface area contributed by atoms with Crippen LogP contribution in [0.2, 0.25) is 0 Å². The number of hydrogen-bond acceptors (Lipinski definition) is 5. The van der Waals surface area contributed by atoms with Crippen LogP contribution >= 0.6 is 0 Å². The normalized spacial score (nSPS) is 19.4.